The first-order valence-electron chi connectivity index (χ1n) is 10.3. The highest BCUT2D eigenvalue weighted by Gasteiger charge is 2.32. The zero-order valence-corrected chi connectivity index (χ0v) is 19.5. The maximum atomic E-state index is 12.7. The maximum Gasteiger partial charge on any atom is 0.244 e. The van der Waals surface area contributed by atoms with E-state index in [2.05, 4.69) is 20.6 Å². The molecule has 3 aromatic rings. The number of carbonyl (C=O) groups excluding carboxylic acids is 2. The summed E-state index contributed by atoms with van der Waals surface area (Å²) < 4.78 is 32.5. The quantitative estimate of drug-likeness (QED) is 0.521. The van der Waals surface area contributed by atoms with Crippen LogP contribution in [0.1, 0.15) is 25.5 Å². The van der Waals surface area contributed by atoms with Gasteiger partial charge in [0.05, 0.1) is 6.54 Å². The molecule has 0 spiro atoms. The Morgan fingerprint density at radius 1 is 1.24 bits per heavy atom. The van der Waals surface area contributed by atoms with Gasteiger partial charge in [-0.15, -0.1) is 11.3 Å². The molecule has 4 heterocycles. The summed E-state index contributed by atoms with van der Waals surface area (Å²) in [6, 6.07) is 6.62. The molecule has 0 aliphatic carbocycles. The average molecular weight is 490 g/mol. The highest BCUT2D eigenvalue weighted by atomic mass is 32.2. The molecule has 2 N–H and O–H groups in total. The predicted octanol–water partition coefficient (Wildman–Crippen LogP) is 2.47. The molecule has 2 amide bonds. The van der Waals surface area contributed by atoms with Crippen LogP contribution in [0.25, 0.3) is 11.5 Å². The predicted molar refractivity (Wildman–Crippen MR) is 122 cm³/mol. The van der Waals surface area contributed by atoms with Crippen molar-refractivity contribution in [3.05, 3.63) is 47.8 Å². The molecule has 1 saturated heterocycles. The van der Waals surface area contributed by atoms with Gasteiger partial charge in [-0.1, -0.05) is 0 Å². The standard InChI is InChI=1S/C21H23N5O5S2/c1-14(27)23-11-16-4-5-19(31-16)18-13-32-21(24-18)25-20(28)15-6-9-26(10-7-15)33(29,30)17-3-2-8-22-12-17/h2-5,8,12-13,15H,6-7,9-11H2,1H3,(H,23,27)(H,24,25,28). The molecule has 0 atom stereocenters. The van der Waals surface area contributed by atoms with Crippen LogP contribution in [0.2, 0.25) is 0 Å². The third kappa shape index (κ3) is 5.46. The smallest absolute Gasteiger partial charge is 0.244 e. The first-order chi connectivity index (χ1) is 15.8. The molecular weight excluding hydrogens is 466 g/mol. The van der Waals surface area contributed by atoms with Gasteiger partial charge >= 0.3 is 0 Å². The molecule has 0 bridgehead atoms. The molecule has 0 aromatic carbocycles. The van der Waals surface area contributed by atoms with Gasteiger partial charge < -0.3 is 15.1 Å². The number of piperidine rings is 1. The van der Waals surface area contributed by atoms with E-state index < -0.39 is 10.0 Å². The first kappa shape index (κ1) is 23.1. The summed E-state index contributed by atoms with van der Waals surface area (Å²) in [7, 11) is -3.61. The summed E-state index contributed by atoms with van der Waals surface area (Å²) in [5.41, 5.74) is 0.585. The van der Waals surface area contributed by atoms with Crippen LogP contribution in [0.4, 0.5) is 5.13 Å². The Hall–Kier alpha value is -3.09. The highest BCUT2D eigenvalue weighted by molar-refractivity contribution is 7.89. The topological polar surface area (TPSA) is 134 Å². The van der Waals surface area contributed by atoms with Crippen LogP contribution in [0.5, 0.6) is 0 Å². The van der Waals surface area contributed by atoms with E-state index in [-0.39, 0.29) is 42.3 Å². The number of thiazole rings is 1. The van der Waals surface area contributed by atoms with Gasteiger partial charge in [0.15, 0.2) is 10.9 Å². The lowest BCUT2D eigenvalue weighted by Crippen LogP contribution is -2.41. The van der Waals surface area contributed by atoms with Crippen LogP contribution >= 0.6 is 11.3 Å². The minimum absolute atomic E-state index is 0.146. The van der Waals surface area contributed by atoms with Crippen LogP contribution in [-0.2, 0) is 26.2 Å². The molecule has 174 valence electrons. The van der Waals surface area contributed by atoms with Crippen LogP contribution in [-0.4, -0.2) is 47.6 Å². The van der Waals surface area contributed by atoms with E-state index in [9.17, 15) is 18.0 Å². The number of nitrogens with zero attached hydrogens (tertiary/aromatic N) is 3. The van der Waals surface area contributed by atoms with Crippen LogP contribution in [0.3, 0.4) is 0 Å². The summed E-state index contributed by atoms with van der Waals surface area (Å²) in [6.07, 6.45) is 3.70. The zero-order chi connectivity index (χ0) is 23.4. The minimum atomic E-state index is -3.61. The number of sulfonamides is 1. The monoisotopic (exact) mass is 489 g/mol. The summed E-state index contributed by atoms with van der Waals surface area (Å²) in [5, 5.41) is 7.71. The van der Waals surface area contributed by atoms with Crippen molar-refractivity contribution in [2.24, 2.45) is 5.92 Å². The Kier molecular flexibility index (Phi) is 6.86. The number of hydrogen-bond acceptors (Lipinski definition) is 8. The van der Waals surface area contributed by atoms with E-state index in [0.29, 0.717) is 35.2 Å². The number of pyridine rings is 1. The van der Waals surface area contributed by atoms with Gasteiger partial charge in [0.2, 0.25) is 21.8 Å². The fourth-order valence-electron chi connectivity index (χ4n) is 3.48. The van der Waals surface area contributed by atoms with Crippen LogP contribution in [0.15, 0.2) is 51.4 Å². The lowest BCUT2D eigenvalue weighted by atomic mass is 9.97. The van der Waals surface area contributed by atoms with Gasteiger partial charge in [-0.2, -0.15) is 4.31 Å². The van der Waals surface area contributed by atoms with Gasteiger partial charge in [-0.3, -0.25) is 14.6 Å². The van der Waals surface area contributed by atoms with E-state index in [1.807, 2.05) is 0 Å². The SMILES string of the molecule is CC(=O)NCc1ccc(-c2csc(NC(=O)C3CCN(S(=O)(=O)c4cccnc4)CC3)n2)o1. The van der Waals surface area contributed by atoms with Gasteiger partial charge in [0.25, 0.3) is 0 Å². The molecular formula is C21H23N5O5S2. The Balaban J connectivity index is 1.32. The molecule has 1 aliphatic rings. The fraction of sp³-hybridized carbons (Fsp3) is 0.333. The molecule has 1 aliphatic heterocycles. The first-order valence-corrected chi connectivity index (χ1v) is 12.6. The molecule has 4 rings (SSSR count). The second kappa shape index (κ2) is 9.81. The Bertz CT molecular complexity index is 1230. The lowest BCUT2D eigenvalue weighted by Gasteiger charge is -2.30. The summed E-state index contributed by atoms with van der Waals surface area (Å²) in [5.74, 6) is 0.519. The Morgan fingerprint density at radius 3 is 2.73 bits per heavy atom. The molecule has 33 heavy (non-hydrogen) atoms. The summed E-state index contributed by atoms with van der Waals surface area (Å²) >= 11 is 1.28. The molecule has 0 unspecified atom stereocenters. The Labute approximate surface area is 195 Å². The van der Waals surface area contributed by atoms with Gasteiger partial charge in [0, 0.05) is 43.7 Å². The molecule has 12 heteroatoms. The number of aromatic nitrogens is 2. The number of carbonyl (C=O) groups is 2. The minimum Gasteiger partial charge on any atom is -0.458 e. The number of furan rings is 1. The third-order valence-electron chi connectivity index (χ3n) is 5.26. The van der Waals surface area contributed by atoms with Crippen molar-refractivity contribution in [2.75, 3.05) is 18.4 Å². The number of hydrogen-bond donors (Lipinski definition) is 2. The molecule has 0 saturated carbocycles. The fourth-order valence-corrected chi connectivity index (χ4v) is 5.62. The molecule has 1 fully saturated rings. The highest BCUT2D eigenvalue weighted by Crippen LogP contribution is 2.28. The van der Waals surface area contributed by atoms with E-state index in [0.717, 1.165) is 0 Å². The molecule has 3 aromatic heterocycles. The number of rotatable bonds is 7. The van der Waals surface area contributed by atoms with Crippen molar-refractivity contribution in [3.63, 3.8) is 0 Å². The normalized spacial score (nSPS) is 15.3. The number of anilines is 1. The van der Waals surface area contributed by atoms with Crippen molar-refractivity contribution in [1.29, 1.82) is 0 Å². The summed E-state index contributed by atoms with van der Waals surface area (Å²) in [4.78, 5) is 32.2. The third-order valence-corrected chi connectivity index (χ3v) is 7.90. The van der Waals surface area contributed by atoms with Gasteiger partial charge in [-0.05, 0) is 37.1 Å². The summed E-state index contributed by atoms with van der Waals surface area (Å²) in [6.45, 7) is 2.25. The Morgan fingerprint density at radius 2 is 2.03 bits per heavy atom. The lowest BCUT2D eigenvalue weighted by molar-refractivity contribution is -0.121. The van der Waals surface area contributed by atoms with Crippen molar-refractivity contribution < 1.29 is 22.4 Å². The van der Waals surface area contributed by atoms with E-state index in [1.165, 1.54) is 41.0 Å². The maximum absolute atomic E-state index is 12.7. The number of amides is 2. The van der Waals surface area contributed by atoms with E-state index >= 15 is 0 Å². The van der Waals surface area contributed by atoms with Crippen molar-refractivity contribution in [2.45, 2.75) is 31.2 Å². The second-order valence-electron chi connectivity index (χ2n) is 7.57. The second-order valence-corrected chi connectivity index (χ2v) is 10.4. The largest absolute Gasteiger partial charge is 0.458 e. The van der Waals surface area contributed by atoms with Gasteiger partial charge in [-0.25, -0.2) is 13.4 Å². The van der Waals surface area contributed by atoms with Crippen molar-refractivity contribution in [3.8, 4) is 11.5 Å². The van der Waals surface area contributed by atoms with E-state index in [4.69, 9.17) is 4.42 Å². The van der Waals surface area contributed by atoms with Crippen LogP contribution in [0, 0.1) is 5.92 Å². The van der Waals surface area contributed by atoms with Gasteiger partial charge in [0.1, 0.15) is 16.3 Å². The van der Waals surface area contributed by atoms with Crippen molar-refractivity contribution >= 4 is 38.3 Å². The average Bonchev–Trinajstić information content (AvgIpc) is 3.48. The molecule has 10 nitrogen and oxygen atoms in total. The van der Waals surface area contributed by atoms with E-state index in [1.54, 1.807) is 23.6 Å². The zero-order valence-electron chi connectivity index (χ0n) is 17.9. The number of nitrogens with one attached hydrogen (secondary N) is 2. The molecule has 0 radical (unpaired) electrons. The van der Waals surface area contributed by atoms with Crippen molar-refractivity contribution in [1.82, 2.24) is 19.6 Å². The van der Waals surface area contributed by atoms with Crippen LogP contribution < -0.4 is 10.6 Å².